The van der Waals surface area contributed by atoms with E-state index in [1.54, 1.807) is 0 Å². The molecular weight excluding hydrogens is 262 g/mol. The largest absolute Gasteiger partial charge is 0.378 e. The van der Waals surface area contributed by atoms with Crippen LogP contribution in [0.15, 0.2) is 54.6 Å². The Kier molecular flexibility index (Phi) is 5.35. The summed E-state index contributed by atoms with van der Waals surface area (Å²) < 4.78 is 0. The molecule has 4 nitrogen and oxygen atoms in total. The van der Waals surface area contributed by atoms with E-state index in [1.165, 1.54) is 5.56 Å². The van der Waals surface area contributed by atoms with Crippen LogP contribution >= 0.6 is 0 Å². The summed E-state index contributed by atoms with van der Waals surface area (Å²) in [5.74, 6) is -0.0384. The number of carbonyl (C=O) groups excluding carboxylic acids is 1. The van der Waals surface area contributed by atoms with Gasteiger partial charge < -0.3 is 15.5 Å². The molecule has 0 aliphatic rings. The van der Waals surface area contributed by atoms with E-state index in [0.717, 1.165) is 11.4 Å². The number of hydrogen-bond donors (Lipinski definition) is 2. The molecule has 0 unspecified atom stereocenters. The molecule has 0 fully saturated rings. The molecule has 21 heavy (non-hydrogen) atoms. The maximum Gasteiger partial charge on any atom is 0.238 e. The standard InChI is InChI=1S/C17H21N3O/c1-20(2)16-10-8-15(9-11-16)19-17(21)13-18-12-14-6-4-3-5-7-14/h3-11,18H,12-13H2,1-2H3,(H,19,21). The number of hydrogen-bond acceptors (Lipinski definition) is 3. The number of anilines is 2. The van der Waals surface area contributed by atoms with Gasteiger partial charge in [0.1, 0.15) is 0 Å². The fraction of sp³-hybridized carbons (Fsp3) is 0.235. The predicted molar refractivity (Wildman–Crippen MR) is 87.5 cm³/mol. The van der Waals surface area contributed by atoms with Crippen LogP contribution in [0, 0.1) is 0 Å². The molecule has 2 aromatic carbocycles. The van der Waals surface area contributed by atoms with Crippen LogP contribution in [-0.2, 0) is 11.3 Å². The molecular formula is C17H21N3O. The number of carbonyl (C=O) groups is 1. The molecule has 1 amide bonds. The summed E-state index contributed by atoms with van der Waals surface area (Å²) in [5, 5.41) is 6.01. The Morgan fingerprint density at radius 1 is 1.00 bits per heavy atom. The van der Waals surface area contributed by atoms with Gasteiger partial charge in [-0.3, -0.25) is 4.79 Å². The van der Waals surface area contributed by atoms with Gasteiger partial charge in [-0.05, 0) is 29.8 Å². The molecule has 0 saturated carbocycles. The molecule has 2 rings (SSSR count). The third-order valence-electron chi connectivity index (χ3n) is 3.12. The van der Waals surface area contributed by atoms with Gasteiger partial charge in [-0.15, -0.1) is 0 Å². The Labute approximate surface area is 125 Å². The lowest BCUT2D eigenvalue weighted by molar-refractivity contribution is -0.115. The van der Waals surface area contributed by atoms with Crippen molar-refractivity contribution in [3.05, 3.63) is 60.2 Å². The van der Waals surface area contributed by atoms with Gasteiger partial charge in [0.15, 0.2) is 0 Å². The lowest BCUT2D eigenvalue weighted by Crippen LogP contribution is -2.27. The normalized spacial score (nSPS) is 10.2. The molecule has 0 spiro atoms. The lowest BCUT2D eigenvalue weighted by Gasteiger charge is -2.13. The summed E-state index contributed by atoms with van der Waals surface area (Å²) in [6, 6.07) is 17.8. The molecule has 2 N–H and O–H groups in total. The van der Waals surface area contributed by atoms with Crippen LogP contribution in [0.4, 0.5) is 11.4 Å². The third-order valence-corrected chi connectivity index (χ3v) is 3.12. The summed E-state index contributed by atoms with van der Waals surface area (Å²) in [5.41, 5.74) is 3.09. The summed E-state index contributed by atoms with van der Waals surface area (Å²) in [6.07, 6.45) is 0. The summed E-state index contributed by atoms with van der Waals surface area (Å²) in [7, 11) is 3.97. The fourth-order valence-corrected chi connectivity index (χ4v) is 1.96. The van der Waals surface area contributed by atoms with Crippen molar-refractivity contribution < 1.29 is 4.79 Å². The summed E-state index contributed by atoms with van der Waals surface area (Å²) in [6.45, 7) is 0.984. The average Bonchev–Trinajstić information content (AvgIpc) is 2.49. The number of benzene rings is 2. The van der Waals surface area contributed by atoms with Gasteiger partial charge in [0.2, 0.25) is 5.91 Å². The molecule has 4 heteroatoms. The van der Waals surface area contributed by atoms with E-state index in [1.807, 2.05) is 73.6 Å². The van der Waals surface area contributed by atoms with E-state index in [9.17, 15) is 4.79 Å². The minimum Gasteiger partial charge on any atom is -0.378 e. The van der Waals surface area contributed by atoms with Crippen molar-refractivity contribution in [3.8, 4) is 0 Å². The van der Waals surface area contributed by atoms with Gasteiger partial charge in [-0.1, -0.05) is 30.3 Å². The maximum atomic E-state index is 11.8. The highest BCUT2D eigenvalue weighted by atomic mass is 16.1. The zero-order valence-corrected chi connectivity index (χ0v) is 12.5. The van der Waals surface area contributed by atoms with E-state index in [0.29, 0.717) is 13.1 Å². The number of nitrogens with zero attached hydrogens (tertiary/aromatic N) is 1. The van der Waals surface area contributed by atoms with E-state index in [2.05, 4.69) is 10.6 Å². The van der Waals surface area contributed by atoms with Crippen LogP contribution in [0.5, 0.6) is 0 Å². The molecule has 0 aliphatic carbocycles. The predicted octanol–water partition coefficient (Wildman–Crippen LogP) is 2.48. The molecule has 0 radical (unpaired) electrons. The Morgan fingerprint density at radius 3 is 2.29 bits per heavy atom. The minimum atomic E-state index is -0.0384. The van der Waals surface area contributed by atoms with Gasteiger partial charge in [0.25, 0.3) is 0 Å². The molecule has 0 bridgehead atoms. The zero-order chi connectivity index (χ0) is 15.1. The molecule has 0 aromatic heterocycles. The highest BCUT2D eigenvalue weighted by Gasteiger charge is 2.02. The van der Waals surface area contributed by atoms with Crippen molar-refractivity contribution in [1.82, 2.24) is 5.32 Å². The van der Waals surface area contributed by atoms with Crippen LogP contribution in [-0.4, -0.2) is 26.5 Å². The number of nitrogens with one attached hydrogen (secondary N) is 2. The second kappa shape index (κ2) is 7.45. The first kappa shape index (κ1) is 15.1. The fourth-order valence-electron chi connectivity index (χ4n) is 1.96. The highest BCUT2D eigenvalue weighted by molar-refractivity contribution is 5.92. The Morgan fingerprint density at radius 2 is 1.67 bits per heavy atom. The Bertz CT molecular complexity index is 564. The maximum absolute atomic E-state index is 11.8. The van der Waals surface area contributed by atoms with Crippen LogP contribution in [0.2, 0.25) is 0 Å². The second-order valence-electron chi connectivity index (χ2n) is 5.08. The SMILES string of the molecule is CN(C)c1ccc(NC(=O)CNCc2ccccc2)cc1. The van der Waals surface area contributed by atoms with Gasteiger partial charge >= 0.3 is 0 Å². The molecule has 0 saturated heterocycles. The molecule has 0 aliphatic heterocycles. The van der Waals surface area contributed by atoms with Crippen molar-refractivity contribution in [3.63, 3.8) is 0 Å². The summed E-state index contributed by atoms with van der Waals surface area (Å²) >= 11 is 0. The van der Waals surface area contributed by atoms with E-state index in [-0.39, 0.29) is 5.91 Å². The Hall–Kier alpha value is -2.33. The monoisotopic (exact) mass is 283 g/mol. The van der Waals surface area contributed by atoms with Gasteiger partial charge in [0, 0.05) is 32.0 Å². The molecule has 0 heterocycles. The molecule has 110 valence electrons. The van der Waals surface area contributed by atoms with Crippen LogP contribution in [0.25, 0.3) is 0 Å². The van der Waals surface area contributed by atoms with Crippen molar-refractivity contribution in [2.75, 3.05) is 30.9 Å². The van der Waals surface area contributed by atoms with Gasteiger partial charge in [-0.2, -0.15) is 0 Å². The van der Waals surface area contributed by atoms with Crippen LogP contribution in [0.3, 0.4) is 0 Å². The first-order valence-corrected chi connectivity index (χ1v) is 6.97. The van der Waals surface area contributed by atoms with E-state index < -0.39 is 0 Å². The van der Waals surface area contributed by atoms with Crippen LogP contribution in [0.1, 0.15) is 5.56 Å². The summed E-state index contributed by atoms with van der Waals surface area (Å²) in [4.78, 5) is 13.9. The van der Waals surface area contributed by atoms with Crippen molar-refractivity contribution in [1.29, 1.82) is 0 Å². The Balaban J connectivity index is 1.76. The van der Waals surface area contributed by atoms with Crippen molar-refractivity contribution in [2.45, 2.75) is 6.54 Å². The van der Waals surface area contributed by atoms with Gasteiger partial charge in [0.05, 0.1) is 6.54 Å². The topological polar surface area (TPSA) is 44.4 Å². The lowest BCUT2D eigenvalue weighted by atomic mass is 10.2. The van der Waals surface area contributed by atoms with Crippen molar-refractivity contribution in [2.24, 2.45) is 0 Å². The second-order valence-corrected chi connectivity index (χ2v) is 5.08. The smallest absolute Gasteiger partial charge is 0.238 e. The number of amides is 1. The molecule has 0 atom stereocenters. The minimum absolute atomic E-state index is 0.0384. The third kappa shape index (κ3) is 4.93. The average molecular weight is 283 g/mol. The van der Waals surface area contributed by atoms with E-state index >= 15 is 0 Å². The first-order valence-electron chi connectivity index (χ1n) is 6.97. The van der Waals surface area contributed by atoms with Crippen LogP contribution < -0.4 is 15.5 Å². The molecule has 2 aromatic rings. The van der Waals surface area contributed by atoms with Gasteiger partial charge in [-0.25, -0.2) is 0 Å². The highest BCUT2D eigenvalue weighted by Crippen LogP contribution is 2.15. The zero-order valence-electron chi connectivity index (χ0n) is 12.5. The number of rotatable bonds is 6. The quantitative estimate of drug-likeness (QED) is 0.856. The van der Waals surface area contributed by atoms with E-state index in [4.69, 9.17) is 0 Å². The first-order chi connectivity index (χ1) is 10.1. The van der Waals surface area contributed by atoms with Crippen molar-refractivity contribution >= 4 is 17.3 Å².